The number of aliphatic hydroxyl groups is 2. The molecule has 2 aliphatic rings. The van der Waals surface area contributed by atoms with E-state index >= 15 is 0 Å². The van der Waals surface area contributed by atoms with Gasteiger partial charge in [-0.1, -0.05) is 12.1 Å². The van der Waals surface area contributed by atoms with Gasteiger partial charge < -0.3 is 20.0 Å². The van der Waals surface area contributed by atoms with Gasteiger partial charge in [-0.25, -0.2) is 22.4 Å². The van der Waals surface area contributed by atoms with E-state index in [1.54, 1.807) is 9.80 Å². The third-order valence-electron chi connectivity index (χ3n) is 6.96. The lowest BCUT2D eigenvalue weighted by Gasteiger charge is -2.43. The van der Waals surface area contributed by atoms with Gasteiger partial charge in [0.15, 0.2) is 23.3 Å². The highest BCUT2D eigenvalue weighted by Gasteiger charge is 2.38. The second-order valence-corrected chi connectivity index (χ2v) is 9.56. The van der Waals surface area contributed by atoms with Gasteiger partial charge in [-0.3, -0.25) is 0 Å². The number of nitrogens with zero attached hydrogens (tertiary/aromatic N) is 2. The van der Waals surface area contributed by atoms with E-state index in [0.29, 0.717) is 63.0 Å². The van der Waals surface area contributed by atoms with Gasteiger partial charge in [-0.15, -0.1) is 0 Å². The lowest BCUT2D eigenvalue weighted by atomic mass is 9.84. The van der Waals surface area contributed by atoms with Crippen LogP contribution in [0, 0.1) is 23.3 Å². The zero-order chi connectivity index (χ0) is 24.5. The summed E-state index contributed by atoms with van der Waals surface area (Å²) in [6.07, 6.45) is 1.59. The number of rotatable bonds is 4. The molecule has 0 spiro atoms. The summed E-state index contributed by atoms with van der Waals surface area (Å²) < 4.78 is 53.2. The predicted molar refractivity (Wildman–Crippen MR) is 117 cm³/mol. The van der Waals surface area contributed by atoms with E-state index in [9.17, 15) is 32.6 Å². The molecule has 2 heterocycles. The molecule has 34 heavy (non-hydrogen) atoms. The molecule has 2 fully saturated rings. The monoisotopic (exact) mass is 480 g/mol. The van der Waals surface area contributed by atoms with Gasteiger partial charge in [0.2, 0.25) is 0 Å². The number of carbonyl (C=O) groups is 1. The Hall–Kier alpha value is -2.65. The summed E-state index contributed by atoms with van der Waals surface area (Å²) in [4.78, 5) is 16.3. The lowest BCUT2D eigenvalue weighted by Crippen LogP contribution is -2.55. The molecule has 2 aromatic rings. The molecule has 2 aromatic carbocycles. The maximum atomic E-state index is 13.5. The number of urea groups is 1. The normalized spacial score (nSPS) is 19.8. The third-order valence-corrected chi connectivity index (χ3v) is 6.96. The lowest BCUT2D eigenvalue weighted by molar-refractivity contribution is -0.0278. The van der Waals surface area contributed by atoms with Crippen molar-refractivity contribution in [1.82, 2.24) is 9.80 Å². The Morgan fingerprint density at radius 3 is 1.35 bits per heavy atom. The van der Waals surface area contributed by atoms with Crippen LogP contribution in [0.4, 0.5) is 22.4 Å². The van der Waals surface area contributed by atoms with Crippen LogP contribution in [0.3, 0.4) is 0 Å². The molecule has 5 nitrogen and oxygen atoms in total. The summed E-state index contributed by atoms with van der Waals surface area (Å²) in [7, 11) is 0. The summed E-state index contributed by atoms with van der Waals surface area (Å²) in [6.45, 7) is 1.31. The van der Waals surface area contributed by atoms with Crippen LogP contribution in [-0.4, -0.2) is 63.4 Å². The van der Waals surface area contributed by atoms with Crippen LogP contribution in [0.2, 0.25) is 0 Å². The minimum atomic E-state index is -1.10. The molecule has 0 saturated carbocycles. The summed E-state index contributed by atoms with van der Waals surface area (Å²) in [5.74, 6) is -3.78. The number of halogens is 4. The van der Waals surface area contributed by atoms with E-state index in [1.807, 2.05) is 0 Å². The fraction of sp³-hybridized carbons (Fsp3) is 0.480. The maximum Gasteiger partial charge on any atom is 0.320 e. The number of hydrogen-bond donors (Lipinski definition) is 2. The quantitative estimate of drug-likeness (QED) is 0.655. The Morgan fingerprint density at radius 2 is 1.03 bits per heavy atom. The smallest absolute Gasteiger partial charge is 0.320 e. The molecular weight excluding hydrogens is 452 g/mol. The summed E-state index contributed by atoms with van der Waals surface area (Å²) in [5, 5.41) is 21.8. The summed E-state index contributed by atoms with van der Waals surface area (Å²) in [6, 6.07) is 6.96. The van der Waals surface area contributed by atoms with E-state index in [-0.39, 0.29) is 18.9 Å². The van der Waals surface area contributed by atoms with Crippen molar-refractivity contribution in [3.8, 4) is 0 Å². The molecule has 0 atom stereocenters. The van der Waals surface area contributed by atoms with Crippen LogP contribution >= 0.6 is 0 Å². The average Bonchev–Trinajstić information content (AvgIpc) is 2.79. The van der Waals surface area contributed by atoms with Gasteiger partial charge in [0.1, 0.15) is 0 Å². The van der Waals surface area contributed by atoms with Crippen LogP contribution in [-0.2, 0) is 12.8 Å². The number of carbonyl (C=O) groups excluding carboxylic acids is 1. The first-order valence-electron chi connectivity index (χ1n) is 11.4. The highest BCUT2D eigenvalue weighted by molar-refractivity contribution is 5.74. The summed E-state index contributed by atoms with van der Waals surface area (Å²) >= 11 is 0. The maximum absolute atomic E-state index is 13.5. The Morgan fingerprint density at radius 1 is 0.676 bits per heavy atom. The zero-order valence-electron chi connectivity index (χ0n) is 18.7. The fourth-order valence-electron chi connectivity index (χ4n) is 4.84. The number of likely N-dealkylation sites (tertiary alicyclic amines) is 2. The second-order valence-electron chi connectivity index (χ2n) is 9.56. The number of benzene rings is 2. The Balaban J connectivity index is 1.28. The Labute approximate surface area is 195 Å². The number of hydrogen-bond acceptors (Lipinski definition) is 3. The number of piperidine rings is 2. The number of amides is 2. The molecule has 4 rings (SSSR count). The van der Waals surface area contributed by atoms with E-state index in [4.69, 9.17) is 0 Å². The molecule has 0 unspecified atom stereocenters. The molecule has 2 amide bonds. The first-order valence-corrected chi connectivity index (χ1v) is 11.4. The zero-order valence-corrected chi connectivity index (χ0v) is 18.7. The van der Waals surface area contributed by atoms with Crippen molar-refractivity contribution in [2.24, 2.45) is 0 Å². The molecule has 184 valence electrons. The van der Waals surface area contributed by atoms with Gasteiger partial charge in [0.05, 0.1) is 11.2 Å². The average molecular weight is 481 g/mol. The molecular formula is C25H28F4N2O3. The van der Waals surface area contributed by atoms with Crippen molar-refractivity contribution >= 4 is 6.03 Å². The van der Waals surface area contributed by atoms with Crippen molar-refractivity contribution in [3.05, 3.63) is 70.8 Å². The van der Waals surface area contributed by atoms with Crippen LogP contribution in [0.25, 0.3) is 0 Å². The van der Waals surface area contributed by atoms with Crippen molar-refractivity contribution in [3.63, 3.8) is 0 Å². The van der Waals surface area contributed by atoms with E-state index < -0.39 is 34.5 Å². The van der Waals surface area contributed by atoms with Crippen LogP contribution in [0.5, 0.6) is 0 Å². The van der Waals surface area contributed by atoms with Crippen molar-refractivity contribution in [2.45, 2.75) is 49.7 Å². The minimum absolute atomic E-state index is 0.174. The standard InChI is InChI=1S/C25H28F4N2O3/c26-19-3-1-17(13-21(19)28)15-24(33)5-9-30(10-6-24)23(32)31-11-7-25(34,8-12-31)16-18-2-4-20(27)22(29)14-18/h1-4,13-14,33-34H,5-12,15-16H2. The molecule has 0 bridgehead atoms. The third kappa shape index (κ3) is 5.52. The first-order chi connectivity index (χ1) is 16.1. The van der Waals surface area contributed by atoms with Gasteiger partial charge >= 0.3 is 6.03 Å². The predicted octanol–water partition coefficient (Wildman–Crippen LogP) is 3.80. The van der Waals surface area contributed by atoms with Crippen molar-refractivity contribution in [2.75, 3.05) is 26.2 Å². The molecule has 2 aliphatic heterocycles. The van der Waals surface area contributed by atoms with E-state index in [1.165, 1.54) is 12.1 Å². The first kappa shape index (κ1) is 24.5. The molecule has 0 aliphatic carbocycles. The van der Waals surface area contributed by atoms with E-state index in [0.717, 1.165) is 24.3 Å². The largest absolute Gasteiger partial charge is 0.389 e. The van der Waals surface area contributed by atoms with Gasteiger partial charge in [-0.05, 0) is 61.1 Å². The highest BCUT2D eigenvalue weighted by Crippen LogP contribution is 2.30. The highest BCUT2D eigenvalue weighted by atomic mass is 19.2. The van der Waals surface area contributed by atoms with Crippen molar-refractivity contribution in [1.29, 1.82) is 0 Å². The van der Waals surface area contributed by atoms with Gasteiger partial charge in [0.25, 0.3) is 0 Å². The van der Waals surface area contributed by atoms with Gasteiger partial charge in [-0.2, -0.15) is 0 Å². The fourth-order valence-corrected chi connectivity index (χ4v) is 4.84. The van der Waals surface area contributed by atoms with Crippen LogP contribution in [0.15, 0.2) is 36.4 Å². The second kappa shape index (κ2) is 9.54. The SMILES string of the molecule is O=C(N1CCC(O)(Cc2ccc(F)c(F)c2)CC1)N1CCC(O)(Cc2ccc(F)c(F)c2)CC1. The molecule has 2 saturated heterocycles. The Kier molecular flexibility index (Phi) is 6.87. The van der Waals surface area contributed by atoms with Crippen LogP contribution < -0.4 is 0 Å². The molecule has 0 aromatic heterocycles. The molecule has 9 heteroatoms. The van der Waals surface area contributed by atoms with Crippen molar-refractivity contribution < 1.29 is 32.6 Å². The topological polar surface area (TPSA) is 64.0 Å². The summed E-state index contributed by atoms with van der Waals surface area (Å²) in [5.41, 5.74) is -1.21. The van der Waals surface area contributed by atoms with Crippen LogP contribution in [0.1, 0.15) is 36.8 Å². The molecule has 2 N–H and O–H groups in total. The van der Waals surface area contributed by atoms with Gasteiger partial charge in [0, 0.05) is 39.0 Å². The Bertz CT molecular complexity index is 967. The molecule has 0 radical (unpaired) electrons. The minimum Gasteiger partial charge on any atom is -0.389 e. The van der Waals surface area contributed by atoms with E-state index in [2.05, 4.69) is 0 Å².